The second-order valence-electron chi connectivity index (χ2n) is 5.94. The van der Waals surface area contributed by atoms with E-state index in [0.29, 0.717) is 11.1 Å². The number of nitrogens with one attached hydrogen (secondary N) is 2. The summed E-state index contributed by atoms with van der Waals surface area (Å²) in [6.45, 7) is -0.177. The van der Waals surface area contributed by atoms with E-state index in [1.807, 2.05) is 6.07 Å². The first kappa shape index (κ1) is 17.5. The fourth-order valence-electron chi connectivity index (χ4n) is 2.91. The quantitative estimate of drug-likeness (QED) is 0.862. The lowest BCUT2D eigenvalue weighted by Crippen LogP contribution is -2.44. The van der Waals surface area contributed by atoms with Crippen molar-refractivity contribution in [3.8, 4) is 12.1 Å². The molecule has 124 valence electrons. The van der Waals surface area contributed by atoms with Crippen LogP contribution < -0.4 is 10.6 Å². The Labute approximate surface area is 141 Å². The van der Waals surface area contributed by atoms with Crippen LogP contribution in [-0.4, -0.2) is 24.4 Å². The summed E-state index contributed by atoms with van der Waals surface area (Å²) < 4.78 is 0. The Balaban J connectivity index is 1.82. The minimum Gasteiger partial charge on any atom is -0.343 e. The van der Waals surface area contributed by atoms with E-state index in [4.69, 9.17) is 5.26 Å². The van der Waals surface area contributed by atoms with E-state index in [0.717, 1.165) is 25.7 Å². The molecule has 1 aromatic rings. The summed E-state index contributed by atoms with van der Waals surface area (Å²) in [7, 11) is 0. The highest BCUT2D eigenvalue weighted by molar-refractivity contribution is 5.96. The monoisotopic (exact) mass is 324 g/mol. The van der Waals surface area contributed by atoms with Crippen molar-refractivity contribution in [3.05, 3.63) is 35.4 Å². The van der Waals surface area contributed by atoms with Gasteiger partial charge in [0.2, 0.25) is 5.91 Å². The Hall–Kier alpha value is -2.86. The Morgan fingerprint density at radius 3 is 2.38 bits per heavy atom. The van der Waals surface area contributed by atoms with E-state index in [1.165, 1.54) is 18.6 Å². The van der Waals surface area contributed by atoms with Gasteiger partial charge in [0, 0.05) is 5.56 Å². The first-order chi connectivity index (χ1) is 11.6. The second-order valence-corrected chi connectivity index (χ2v) is 5.94. The molecular weight excluding hydrogens is 304 g/mol. The molecule has 0 radical (unpaired) electrons. The molecule has 1 atom stereocenters. The van der Waals surface area contributed by atoms with Gasteiger partial charge in [-0.05, 0) is 43.0 Å². The van der Waals surface area contributed by atoms with Crippen LogP contribution in [0.1, 0.15) is 48.0 Å². The lowest BCUT2D eigenvalue weighted by molar-refractivity contribution is -0.120. The van der Waals surface area contributed by atoms with Crippen LogP contribution in [0.3, 0.4) is 0 Å². The number of carbonyl (C=O) groups is 2. The second kappa shape index (κ2) is 8.69. The van der Waals surface area contributed by atoms with Crippen molar-refractivity contribution in [1.82, 2.24) is 10.6 Å². The van der Waals surface area contributed by atoms with Crippen LogP contribution in [0, 0.1) is 28.6 Å². The fourth-order valence-corrected chi connectivity index (χ4v) is 2.91. The molecule has 6 heteroatoms. The predicted molar refractivity (Wildman–Crippen MR) is 87.6 cm³/mol. The predicted octanol–water partition coefficient (Wildman–Crippen LogP) is 1.88. The third-order valence-electron chi connectivity index (χ3n) is 4.26. The molecule has 0 heterocycles. The van der Waals surface area contributed by atoms with Gasteiger partial charge in [-0.2, -0.15) is 10.5 Å². The van der Waals surface area contributed by atoms with Crippen LogP contribution >= 0.6 is 0 Å². The van der Waals surface area contributed by atoms with E-state index in [9.17, 15) is 14.9 Å². The largest absolute Gasteiger partial charge is 0.343 e. The summed E-state index contributed by atoms with van der Waals surface area (Å²) in [5, 5.41) is 23.2. The highest BCUT2D eigenvalue weighted by atomic mass is 16.2. The molecule has 0 aromatic heterocycles. The summed E-state index contributed by atoms with van der Waals surface area (Å²) in [5.74, 6) is -0.558. The van der Waals surface area contributed by atoms with Gasteiger partial charge >= 0.3 is 0 Å². The van der Waals surface area contributed by atoms with Gasteiger partial charge in [-0.15, -0.1) is 0 Å². The molecule has 24 heavy (non-hydrogen) atoms. The normalized spacial score (nSPS) is 15.6. The van der Waals surface area contributed by atoms with Crippen LogP contribution in [0.5, 0.6) is 0 Å². The van der Waals surface area contributed by atoms with Crippen molar-refractivity contribution in [3.63, 3.8) is 0 Å². The number of carbonyl (C=O) groups excluding carboxylic acids is 2. The summed E-state index contributed by atoms with van der Waals surface area (Å²) in [6, 6.07) is 9.80. The van der Waals surface area contributed by atoms with Crippen LogP contribution in [0.4, 0.5) is 0 Å². The number of hydrogen-bond donors (Lipinski definition) is 2. The molecule has 1 fully saturated rings. The third kappa shape index (κ3) is 4.82. The average Bonchev–Trinajstić information content (AvgIpc) is 2.65. The highest BCUT2D eigenvalue weighted by Gasteiger charge is 2.24. The zero-order valence-electron chi connectivity index (χ0n) is 13.4. The number of nitriles is 2. The van der Waals surface area contributed by atoms with Gasteiger partial charge in [0.15, 0.2) is 0 Å². The summed E-state index contributed by atoms with van der Waals surface area (Å²) in [4.78, 5) is 23.9. The number of benzene rings is 1. The minimum atomic E-state index is -0.496. The number of hydrogen-bond acceptors (Lipinski definition) is 4. The lowest BCUT2D eigenvalue weighted by Gasteiger charge is -2.26. The maximum absolute atomic E-state index is 12.0. The summed E-state index contributed by atoms with van der Waals surface area (Å²) in [5.41, 5.74) is 0.847. The molecule has 1 aromatic carbocycles. The van der Waals surface area contributed by atoms with Gasteiger partial charge in [0.1, 0.15) is 6.04 Å². The van der Waals surface area contributed by atoms with Crippen LogP contribution in [-0.2, 0) is 4.79 Å². The standard InChI is InChI=1S/C18H20N4O2/c19-10-13-6-8-15(9-7-13)18(24)21-12-17(23)22-16(11-20)14-4-2-1-3-5-14/h6-9,14,16H,1-5,12H2,(H,21,24)(H,22,23). The van der Waals surface area contributed by atoms with E-state index in [2.05, 4.69) is 16.7 Å². The molecule has 6 nitrogen and oxygen atoms in total. The fraction of sp³-hybridized carbons (Fsp3) is 0.444. The number of rotatable bonds is 5. The van der Waals surface area contributed by atoms with Crippen molar-refractivity contribution >= 4 is 11.8 Å². The topological polar surface area (TPSA) is 106 Å². The Bertz CT molecular complexity index is 664. The maximum atomic E-state index is 12.0. The smallest absolute Gasteiger partial charge is 0.251 e. The van der Waals surface area contributed by atoms with E-state index in [1.54, 1.807) is 12.1 Å². The first-order valence-electron chi connectivity index (χ1n) is 8.11. The van der Waals surface area contributed by atoms with Gasteiger partial charge in [-0.1, -0.05) is 19.3 Å². The first-order valence-corrected chi connectivity index (χ1v) is 8.11. The molecule has 1 aliphatic rings. The van der Waals surface area contributed by atoms with Crippen molar-refractivity contribution in [2.75, 3.05) is 6.54 Å². The molecule has 1 aliphatic carbocycles. The van der Waals surface area contributed by atoms with Crippen LogP contribution in [0.2, 0.25) is 0 Å². The molecule has 1 saturated carbocycles. The van der Waals surface area contributed by atoms with E-state index < -0.39 is 6.04 Å². The maximum Gasteiger partial charge on any atom is 0.251 e. The van der Waals surface area contributed by atoms with Crippen molar-refractivity contribution in [2.45, 2.75) is 38.1 Å². The molecule has 0 bridgehead atoms. The molecule has 0 spiro atoms. The zero-order chi connectivity index (χ0) is 17.4. The van der Waals surface area contributed by atoms with Crippen molar-refractivity contribution in [1.29, 1.82) is 10.5 Å². The zero-order valence-corrected chi connectivity index (χ0v) is 13.4. The third-order valence-corrected chi connectivity index (χ3v) is 4.26. The molecule has 1 unspecified atom stereocenters. The number of nitrogens with zero attached hydrogens (tertiary/aromatic N) is 2. The number of amides is 2. The molecule has 2 N–H and O–H groups in total. The van der Waals surface area contributed by atoms with E-state index >= 15 is 0 Å². The van der Waals surface area contributed by atoms with Gasteiger partial charge in [0.25, 0.3) is 5.91 Å². The van der Waals surface area contributed by atoms with E-state index in [-0.39, 0.29) is 24.3 Å². The van der Waals surface area contributed by atoms with Crippen molar-refractivity contribution in [2.24, 2.45) is 5.92 Å². The molecule has 2 rings (SSSR count). The average molecular weight is 324 g/mol. The molecule has 2 amide bonds. The van der Waals surface area contributed by atoms with Gasteiger partial charge in [-0.3, -0.25) is 9.59 Å². The molecule has 0 aliphatic heterocycles. The molecule has 0 saturated heterocycles. The van der Waals surface area contributed by atoms with Gasteiger partial charge < -0.3 is 10.6 Å². The van der Waals surface area contributed by atoms with Crippen LogP contribution in [0.15, 0.2) is 24.3 Å². The molecular formula is C18H20N4O2. The van der Waals surface area contributed by atoms with Gasteiger partial charge in [-0.25, -0.2) is 0 Å². The van der Waals surface area contributed by atoms with Crippen molar-refractivity contribution < 1.29 is 9.59 Å². The van der Waals surface area contributed by atoms with Gasteiger partial charge in [0.05, 0.1) is 24.2 Å². The van der Waals surface area contributed by atoms with Crippen LogP contribution in [0.25, 0.3) is 0 Å². The Kier molecular flexibility index (Phi) is 6.33. The lowest BCUT2D eigenvalue weighted by atomic mass is 9.84. The minimum absolute atomic E-state index is 0.177. The summed E-state index contributed by atoms with van der Waals surface area (Å²) >= 11 is 0. The summed E-state index contributed by atoms with van der Waals surface area (Å²) in [6.07, 6.45) is 5.28. The highest BCUT2D eigenvalue weighted by Crippen LogP contribution is 2.26. The SMILES string of the molecule is N#Cc1ccc(C(=O)NCC(=O)NC(C#N)C2CCCCC2)cc1. The Morgan fingerprint density at radius 1 is 1.12 bits per heavy atom. The Morgan fingerprint density at radius 2 is 1.79 bits per heavy atom.